The molecule has 0 fully saturated rings. The Kier molecular flexibility index (Phi) is 4.94. The van der Waals surface area contributed by atoms with E-state index in [1.54, 1.807) is 6.07 Å². The van der Waals surface area contributed by atoms with Crippen molar-refractivity contribution < 1.29 is 9.53 Å². The first kappa shape index (κ1) is 15.6. The van der Waals surface area contributed by atoms with Gasteiger partial charge in [-0.2, -0.15) is 0 Å². The molecule has 3 aromatic rings. The van der Waals surface area contributed by atoms with E-state index in [1.807, 2.05) is 41.8 Å². The number of thiophene rings is 1. The number of aromatic nitrogens is 3. The highest BCUT2D eigenvalue weighted by Crippen LogP contribution is 2.19. The number of hydrogen-bond acceptors (Lipinski definition) is 7. The van der Waals surface area contributed by atoms with Crippen molar-refractivity contribution in [1.29, 1.82) is 0 Å². The van der Waals surface area contributed by atoms with Crippen LogP contribution in [0.15, 0.2) is 53.0 Å². The minimum absolute atomic E-state index is 0.0510. The molecule has 0 saturated heterocycles. The molecule has 0 unspecified atom stereocenters. The molecule has 0 aliphatic rings. The third kappa shape index (κ3) is 3.91. The van der Waals surface area contributed by atoms with Crippen LogP contribution in [-0.4, -0.2) is 26.4 Å². The van der Waals surface area contributed by atoms with Crippen molar-refractivity contribution in [2.75, 3.05) is 11.6 Å². The fraction of sp³-hybridized carbons (Fsp3) is 0.133. The van der Waals surface area contributed by atoms with E-state index in [-0.39, 0.29) is 18.1 Å². The van der Waals surface area contributed by atoms with Crippen LogP contribution < -0.4 is 10.6 Å². The van der Waals surface area contributed by atoms with Crippen LogP contribution in [-0.2, 0) is 6.61 Å². The average molecular weight is 346 g/mol. The molecule has 2 heterocycles. The van der Waals surface area contributed by atoms with Gasteiger partial charge in [0.05, 0.1) is 10.6 Å². The lowest BCUT2D eigenvalue weighted by Gasteiger charge is -2.05. The summed E-state index contributed by atoms with van der Waals surface area (Å²) in [6, 6.07) is 13.1. The maximum atomic E-state index is 12.0. The van der Waals surface area contributed by atoms with Crippen molar-refractivity contribution in [2.24, 2.45) is 0 Å². The first-order valence-electron chi connectivity index (χ1n) is 6.81. The van der Waals surface area contributed by atoms with E-state index in [4.69, 9.17) is 10.6 Å². The smallest absolute Gasteiger partial charge is 0.210 e. The summed E-state index contributed by atoms with van der Waals surface area (Å²) in [7, 11) is 0. The van der Waals surface area contributed by atoms with Gasteiger partial charge in [-0.15, -0.1) is 21.5 Å². The number of thioether (sulfide) groups is 1. The molecule has 0 aliphatic carbocycles. The Hall–Kier alpha value is -2.32. The molecule has 8 heteroatoms. The molecule has 2 N–H and O–H groups in total. The van der Waals surface area contributed by atoms with Gasteiger partial charge in [-0.25, -0.2) is 4.68 Å². The van der Waals surface area contributed by atoms with Crippen LogP contribution in [0.25, 0.3) is 0 Å². The zero-order chi connectivity index (χ0) is 16.1. The maximum Gasteiger partial charge on any atom is 0.210 e. The third-order valence-corrected chi connectivity index (χ3v) is 4.83. The van der Waals surface area contributed by atoms with Gasteiger partial charge < -0.3 is 10.6 Å². The van der Waals surface area contributed by atoms with Gasteiger partial charge in [0.25, 0.3) is 0 Å². The van der Waals surface area contributed by atoms with Crippen molar-refractivity contribution in [1.82, 2.24) is 14.9 Å². The predicted molar refractivity (Wildman–Crippen MR) is 90.3 cm³/mol. The van der Waals surface area contributed by atoms with E-state index in [1.165, 1.54) is 27.8 Å². The molecule has 0 spiro atoms. The predicted octanol–water partition coefficient (Wildman–Crippen LogP) is 2.61. The first-order valence-corrected chi connectivity index (χ1v) is 8.67. The van der Waals surface area contributed by atoms with Gasteiger partial charge in [0.15, 0.2) is 11.6 Å². The Bertz CT molecular complexity index is 772. The molecular formula is C15H14N4O2S2. The molecule has 1 aromatic carbocycles. The molecule has 0 radical (unpaired) electrons. The Labute approximate surface area is 141 Å². The fourth-order valence-corrected chi connectivity index (χ4v) is 3.32. The van der Waals surface area contributed by atoms with Crippen LogP contribution in [0.1, 0.15) is 15.5 Å². The number of Topliss-reactive ketones (excluding diaryl/α,β-unsaturated/α-hetero) is 1. The number of nitrogens with zero attached hydrogens (tertiary/aromatic N) is 3. The van der Waals surface area contributed by atoms with E-state index >= 15 is 0 Å². The number of ether oxygens (including phenoxy) is 1. The summed E-state index contributed by atoms with van der Waals surface area (Å²) in [6.45, 7) is 0.215. The lowest BCUT2D eigenvalue weighted by molar-refractivity contribution is 0.102. The van der Waals surface area contributed by atoms with Gasteiger partial charge in [-0.1, -0.05) is 36.0 Å². The van der Waals surface area contributed by atoms with Crippen LogP contribution in [0.2, 0.25) is 0 Å². The molecule has 23 heavy (non-hydrogen) atoms. The van der Waals surface area contributed by atoms with Crippen molar-refractivity contribution in [3.8, 4) is 5.75 Å². The van der Waals surface area contributed by atoms with Crippen molar-refractivity contribution in [3.05, 3.63) is 58.5 Å². The minimum Gasteiger partial charge on any atom is -0.486 e. The Morgan fingerprint density at radius 1 is 1.22 bits per heavy atom. The minimum atomic E-state index is 0.0510. The van der Waals surface area contributed by atoms with E-state index in [0.29, 0.717) is 11.0 Å². The molecule has 0 amide bonds. The van der Waals surface area contributed by atoms with Crippen molar-refractivity contribution in [2.45, 2.75) is 11.8 Å². The second-order valence-corrected chi connectivity index (χ2v) is 6.45. The summed E-state index contributed by atoms with van der Waals surface area (Å²) < 4.78 is 6.95. The van der Waals surface area contributed by atoms with Crippen LogP contribution in [0.3, 0.4) is 0 Å². The lowest BCUT2D eigenvalue weighted by Crippen LogP contribution is -2.16. The number of carbonyl (C=O) groups excluding carboxylic acids is 1. The van der Waals surface area contributed by atoms with Gasteiger partial charge in [0.1, 0.15) is 12.4 Å². The normalized spacial score (nSPS) is 10.6. The van der Waals surface area contributed by atoms with Gasteiger partial charge in [0, 0.05) is 0 Å². The summed E-state index contributed by atoms with van der Waals surface area (Å²) in [4.78, 5) is 12.7. The lowest BCUT2D eigenvalue weighted by atomic mass is 10.3. The molecule has 0 aliphatic heterocycles. The van der Waals surface area contributed by atoms with E-state index in [0.717, 1.165) is 10.6 Å². The zero-order valence-corrected chi connectivity index (χ0v) is 13.7. The largest absolute Gasteiger partial charge is 0.486 e. The highest BCUT2D eigenvalue weighted by Gasteiger charge is 2.14. The molecule has 0 atom stereocenters. The number of rotatable bonds is 7. The summed E-state index contributed by atoms with van der Waals surface area (Å²) in [5.41, 5.74) is 0. The van der Waals surface area contributed by atoms with Crippen LogP contribution in [0, 0.1) is 0 Å². The standard InChI is InChI=1S/C15H14N4O2S2/c16-19-14(9-21-11-5-2-1-3-6-11)17-18-15(19)23-10-12(20)13-7-4-8-22-13/h1-8H,9-10,16H2. The Morgan fingerprint density at radius 2 is 2.04 bits per heavy atom. The summed E-state index contributed by atoms with van der Waals surface area (Å²) in [6.07, 6.45) is 0. The van der Waals surface area contributed by atoms with Crippen molar-refractivity contribution in [3.63, 3.8) is 0 Å². The van der Waals surface area contributed by atoms with Gasteiger partial charge in [0.2, 0.25) is 5.16 Å². The molecule has 2 aromatic heterocycles. The summed E-state index contributed by atoms with van der Waals surface area (Å²) >= 11 is 2.69. The first-order chi connectivity index (χ1) is 11.2. The van der Waals surface area contributed by atoms with Gasteiger partial charge in [-0.05, 0) is 23.6 Å². The molecule has 3 rings (SSSR count). The second kappa shape index (κ2) is 7.30. The number of carbonyl (C=O) groups is 1. The van der Waals surface area contributed by atoms with E-state index in [9.17, 15) is 4.79 Å². The van der Waals surface area contributed by atoms with E-state index in [2.05, 4.69) is 10.2 Å². The quantitative estimate of drug-likeness (QED) is 0.402. The number of nitrogens with two attached hydrogens (primary N) is 1. The Morgan fingerprint density at radius 3 is 2.78 bits per heavy atom. The van der Waals surface area contributed by atoms with Gasteiger partial charge in [-0.3, -0.25) is 4.79 Å². The van der Waals surface area contributed by atoms with Crippen LogP contribution >= 0.6 is 23.1 Å². The Balaban J connectivity index is 1.57. The average Bonchev–Trinajstić information content (AvgIpc) is 3.22. The van der Waals surface area contributed by atoms with Crippen LogP contribution in [0.4, 0.5) is 0 Å². The second-order valence-electron chi connectivity index (χ2n) is 4.56. The number of benzene rings is 1. The highest BCUT2D eigenvalue weighted by atomic mass is 32.2. The molecule has 0 bridgehead atoms. The summed E-state index contributed by atoms with van der Waals surface area (Å²) in [5, 5.41) is 10.4. The zero-order valence-electron chi connectivity index (χ0n) is 12.1. The number of hydrogen-bond donors (Lipinski definition) is 1. The molecular weight excluding hydrogens is 332 g/mol. The van der Waals surface area contributed by atoms with Crippen LogP contribution in [0.5, 0.6) is 5.75 Å². The third-order valence-electron chi connectivity index (χ3n) is 2.97. The number of para-hydroxylation sites is 1. The highest BCUT2D eigenvalue weighted by molar-refractivity contribution is 7.99. The van der Waals surface area contributed by atoms with E-state index < -0.39 is 0 Å². The SMILES string of the molecule is Nn1c(COc2ccccc2)nnc1SCC(=O)c1cccs1. The molecule has 6 nitrogen and oxygen atoms in total. The molecule has 0 saturated carbocycles. The fourth-order valence-electron chi connectivity index (χ4n) is 1.81. The monoisotopic (exact) mass is 346 g/mol. The topological polar surface area (TPSA) is 83.0 Å². The maximum absolute atomic E-state index is 12.0. The van der Waals surface area contributed by atoms with Crippen molar-refractivity contribution >= 4 is 28.9 Å². The molecule has 118 valence electrons. The van der Waals surface area contributed by atoms with Gasteiger partial charge >= 0.3 is 0 Å². The summed E-state index contributed by atoms with van der Waals surface area (Å²) in [5.74, 6) is 7.51. The number of nitrogen functional groups attached to an aromatic ring is 1. The number of ketones is 1.